The largest absolute Gasteiger partial charge is 0.508 e. The molecule has 5 rings (SSSR count). The third kappa shape index (κ3) is 3.04. The zero-order valence-corrected chi connectivity index (χ0v) is 19.6. The summed E-state index contributed by atoms with van der Waals surface area (Å²) in [4.78, 5) is 33.8. The van der Waals surface area contributed by atoms with Crippen molar-refractivity contribution in [2.45, 2.75) is 31.8 Å². The van der Waals surface area contributed by atoms with Gasteiger partial charge in [0, 0.05) is 40.6 Å². The third-order valence-corrected chi connectivity index (χ3v) is 7.07. The highest BCUT2D eigenvalue weighted by molar-refractivity contribution is 9.10. The second-order valence-electron chi connectivity index (χ2n) is 8.62. The Morgan fingerprint density at radius 1 is 1.25 bits per heavy atom. The second-order valence-corrected chi connectivity index (χ2v) is 9.53. The van der Waals surface area contributed by atoms with E-state index in [2.05, 4.69) is 26.2 Å². The average Bonchev–Trinajstić information content (AvgIpc) is 3.20. The Balaban J connectivity index is 1.70. The molecule has 3 heterocycles. The van der Waals surface area contributed by atoms with E-state index in [0.717, 1.165) is 38.7 Å². The standard InChI is InChI=1S/C24H25BrN4O3/c1-3-26-9-10-28-22(31)24(2)13-18-17-12-15(25)7-8-19(17)27-20(18)21(29(24)23(28)32)14-5-4-6-16(30)11-14/h4-8,11-12,21,26-27,30H,3,9-10,13H2,1-2H3/t21-,24+/m1/s1. The summed E-state index contributed by atoms with van der Waals surface area (Å²) < 4.78 is 0.953. The van der Waals surface area contributed by atoms with Crippen LogP contribution >= 0.6 is 15.9 Å². The fourth-order valence-corrected chi connectivity index (χ4v) is 5.45. The minimum absolute atomic E-state index is 0.122. The van der Waals surface area contributed by atoms with E-state index in [1.165, 1.54) is 4.90 Å². The molecule has 2 aliphatic heterocycles. The summed E-state index contributed by atoms with van der Waals surface area (Å²) in [6, 6.07) is 12.1. The number of nitrogens with zero attached hydrogens (tertiary/aromatic N) is 2. The van der Waals surface area contributed by atoms with Crippen LogP contribution in [-0.2, 0) is 11.2 Å². The highest BCUT2D eigenvalue weighted by Gasteiger charge is 2.60. The molecule has 3 N–H and O–H groups in total. The first-order valence-electron chi connectivity index (χ1n) is 10.8. The van der Waals surface area contributed by atoms with Crippen LogP contribution in [0.25, 0.3) is 10.9 Å². The van der Waals surface area contributed by atoms with Crippen molar-refractivity contribution in [1.29, 1.82) is 0 Å². The smallest absolute Gasteiger partial charge is 0.328 e. The van der Waals surface area contributed by atoms with Gasteiger partial charge in [-0.3, -0.25) is 14.6 Å². The Morgan fingerprint density at radius 3 is 2.81 bits per heavy atom. The van der Waals surface area contributed by atoms with E-state index in [0.29, 0.717) is 19.5 Å². The lowest BCUT2D eigenvalue weighted by atomic mass is 9.81. The zero-order chi connectivity index (χ0) is 22.6. The Bertz CT molecular complexity index is 1240. The van der Waals surface area contributed by atoms with Crippen molar-refractivity contribution in [2.24, 2.45) is 0 Å². The Kier molecular flexibility index (Phi) is 5.02. The molecule has 0 saturated carbocycles. The van der Waals surface area contributed by atoms with E-state index >= 15 is 0 Å². The van der Waals surface area contributed by atoms with Crippen molar-refractivity contribution in [3.8, 4) is 5.75 Å². The minimum atomic E-state index is -1.01. The molecule has 0 unspecified atom stereocenters. The number of amides is 3. The molecule has 8 heteroatoms. The summed E-state index contributed by atoms with van der Waals surface area (Å²) >= 11 is 3.56. The van der Waals surface area contributed by atoms with Gasteiger partial charge >= 0.3 is 6.03 Å². The SMILES string of the molecule is CCNCCN1C(=O)N2[C@H](c3cccc(O)c3)c3[nH]c4ccc(Br)cc4c3C[C@@]2(C)C1=O. The molecule has 1 aromatic heterocycles. The molecule has 2 aliphatic rings. The van der Waals surface area contributed by atoms with Crippen molar-refractivity contribution >= 4 is 38.8 Å². The van der Waals surface area contributed by atoms with Crippen LogP contribution in [0.4, 0.5) is 4.79 Å². The van der Waals surface area contributed by atoms with Crippen molar-refractivity contribution in [3.63, 3.8) is 0 Å². The highest BCUT2D eigenvalue weighted by atomic mass is 79.9. The number of urea groups is 1. The van der Waals surface area contributed by atoms with Crippen LogP contribution in [-0.4, -0.2) is 57.0 Å². The molecule has 7 nitrogen and oxygen atoms in total. The molecule has 0 bridgehead atoms. The van der Waals surface area contributed by atoms with Gasteiger partial charge in [0.1, 0.15) is 17.3 Å². The summed E-state index contributed by atoms with van der Waals surface area (Å²) in [5, 5.41) is 14.4. The summed E-state index contributed by atoms with van der Waals surface area (Å²) in [5.74, 6) is -0.0577. The number of H-pyrrole nitrogens is 1. The van der Waals surface area contributed by atoms with Gasteiger partial charge in [0.15, 0.2) is 0 Å². The minimum Gasteiger partial charge on any atom is -0.508 e. The molecule has 166 valence electrons. The topological polar surface area (TPSA) is 88.7 Å². The fraction of sp³-hybridized carbons (Fsp3) is 0.333. The number of carbonyl (C=O) groups excluding carboxylic acids is 2. The predicted molar refractivity (Wildman–Crippen MR) is 126 cm³/mol. The van der Waals surface area contributed by atoms with Gasteiger partial charge in [0.05, 0.1) is 0 Å². The van der Waals surface area contributed by atoms with Crippen LogP contribution in [0.15, 0.2) is 46.9 Å². The molecule has 0 radical (unpaired) electrons. The number of likely N-dealkylation sites (N-methyl/N-ethyl adjacent to an activating group) is 1. The number of halogens is 1. The number of hydrogen-bond acceptors (Lipinski definition) is 4. The van der Waals surface area contributed by atoms with Gasteiger partial charge in [0.25, 0.3) is 5.91 Å². The number of imide groups is 1. The van der Waals surface area contributed by atoms with Crippen molar-refractivity contribution in [3.05, 3.63) is 63.8 Å². The molecule has 0 aliphatic carbocycles. The third-order valence-electron chi connectivity index (χ3n) is 6.58. The van der Waals surface area contributed by atoms with E-state index in [1.807, 2.05) is 38.1 Å². The second kappa shape index (κ2) is 7.64. The average molecular weight is 497 g/mol. The number of aromatic amines is 1. The van der Waals surface area contributed by atoms with Crippen LogP contribution in [0.5, 0.6) is 5.75 Å². The maximum absolute atomic E-state index is 13.6. The van der Waals surface area contributed by atoms with Crippen LogP contribution in [0.1, 0.15) is 36.7 Å². The Hall–Kier alpha value is -2.84. The van der Waals surface area contributed by atoms with Gasteiger partial charge in [-0.05, 0) is 54.9 Å². The first-order chi connectivity index (χ1) is 15.3. The maximum atomic E-state index is 13.6. The molecule has 32 heavy (non-hydrogen) atoms. The number of benzene rings is 2. The van der Waals surface area contributed by atoms with Crippen LogP contribution in [0.2, 0.25) is 0 Å². The van der Waals surface area contributed by atoms with Gasteiger partial charge in [0.2, 0.25) is 0 Å². The van der Waals surface area contributed by atoms with Crippen molar-refractivity contribution in [2.75, 3.05) is 19.6 Å². The van der Waals surface area contributed by atoms with Crippen molar-refractivity contribution in [1.82, 2.24) is 20.1 Å². The number of rotatable bonds is 5. The first-order valence-corrected chi connectivity index (χ1v) is 11.6. The molecule has 1 saturated heterocycles. The van der Waals surface area contributed by atoms with Gasteiger partial charge in [-0.2, -0.15) is 0 Å². The molecule has 2 atom stereocenters. The number of carbonyl (C=O) groups is 2. The quantitative estimate of drug-likeness (QED) is 0.369. The van der Waals surface area contributed by atoms with Crippen molar-refractivity contribution < 1.29 is 14.7 Å². The number of phenolic OH excluding ortho intramolecular Hbond substituents is 1. The van der Waals surface area contributed by atoms with E-state index in [-0.39, 0.29) is 17.7 Å². The molecular formula is C24H25BrN4O3. The first kappa shape index (κ1) is 21.0. The zero-order valence-electron chi connectivity index (χ0n) is 18.0. The number of phenols is 1. The predicted octanol–water partition coefficient (Wildman–Crippen LogP) is 3.91. The van der Waals surface area contributed by atoms with Gasteiger partial charge < -0.3 is 15.4 Å². The van der Waals surface area contributed by atoms with Crippen LogP contribution in [0.3, 0.4) is 0 Å². The van der Waals surface area contributed by atoms with E-state index in [4.69, 9.17) is 0 Å². The molecule has 1 fully saturated rings. The normalized spacial score (nSPS) is 22.5. The number of fused-ring (bicyclic) bond motifs is 4. The molecule has 3 aromatic rings. The molecular weight excluding hydrogens is 472 g/mol. The lowest BCUT2D eigenvalue weighted by Gasteiger charge is -2.42. The molecule has 3 amide bonds. The monoisotopic (exact) mass is 496 g/mol. The summed E-state index contributed by atoms with van der Waals surface area (Å²) in [6.07, 6.45) is 0.427. The van der Waals surface area contributed by atoms with E-state index in [9.17, 15) is 14.7 Å². The van der Waals surface area contributed by atoms with Gasteiger partial charge in [-0.25, -0.2) is 4.79 Å². The van der Waals surface area contributed by atoms with Crippen LogP contribution < -0.4 is 5.32 Å². The summed E-state index contributed by atoms with van der Waals surface area (Å²) in [5.41, 5.74) is 2.62. The molecule has 0 spiro atoms. The lowest BCUT2D eigenvalue weighted by Crippen LogP contribution is -2.53. The molecule has 2 aromatic carbocycles. The lowest BCUT2D eigenvalue weighted by molar-refractivity contribution is -0.133. The Labute approximate surface area is 194 Å². The number of nitrogens with one attached hydrogen (secondary N) is 2. The number of aromatic hydroxyl groups is 1. The summed E-state index contributed by atoms with van der Waals surface area (Å²) in [6.45, 7) is 5.50. The van der Waals surface area contributed by atoms with E-state index in [1.54, 1.807) is 23.1 Å². The van der Waals surface area contributed by atoms with E-state index < -0.39 is 11.6 Å². The number of hydrogen-bond donors (Lipinski definition) is 3. The fourth-order valence-electron chi connectivity index (χ4n) is 5.09. The maximum Gasteiger partial charge on any atom is 0.328 e. The summed E-state index contributed by atoms with van der Waals surface area (Å²) in [7, 11) is 0. The number of aromatic nitrogens is 1. The Morgan fingerprint density at radius 2 is 2.06 bits per heavy atom. The van der Waals surface area contributed by atoms with Gasteiger partial charge in [-0.15, -0.1) is 0 Å². The van der Waals surface area contributed by atoms with Crippen LogP contribution in [0, 0.1) is 0 Å². The van der Waals surface area contributed by atoms with Gasteiger partial charge in [-0.1, -0.05) is 35.0 Å². The highest BCUT2D eigenvalue weighted by Crippen LogP contribution is 2.49.